The van der Waals surface area contributed by atoms with Gasteiger partial charge in [0.15, 0.2) is 0 Å². The molecular formula is C27H26BrClN2O4S. The first-order valence-electron chi connectivity index (χ1n) is 11.6. The van der Waals surface area contributed by atoms with E-state index in [1.165, 1.54) is 9.21 Å². The predicted molar refractivity (Wildman–Crippen MR) is 144 cm³/mol. The molecule has 0 aliphatic carbocycles. The smallest absolute Gasteiger partial charge is 0.261 e. The van der Waals surface area contributed by atoms with E-state index in [1.54, 1.807) is 49.4 Å². The average molecular weight is 590 g/mol. The van der Waals surface area contributed by atoms with Crippen LogP contribution in [0.2, 0.25) is 5.02 Å². The van der Waals surface area contributed by atoms with Crippen LogP contribution in [0.25, 0.3) is 0 Å². The Morgan fingerprint density at radius 1 is 0.944 bits per heavy atom. The highest BCUT2D eigenvalue weighted by atomic mass is 79.9. The molecule has 3 aromatic carbocycles. The molecule has 0 saturated carbocycles. The quantitative estimate of drug-likeness (QED) is 0.219. The Morgan fingerprint density at radius 2 is 1.58 bits per heavy atom. The van der Waals surface area contributed by atoms with E-state index in [9.17, 15) is 18.0 Å². The fourth-order valence-corrected chi connectivity index (χ4v) is 6.98. The zero-order valence-corrected chi connectivity index (χ0v) is 23.1. The molecule has 0 aromatic heterocycles. The van der Waals surface area contributed by atoms with Crippen LogP contribution in [0.4, 0.5) is 0 Å². The minimum atomic E-state index is -3.89. The third-order valence-corrected chi connectivity index (χ3v) is 9.47. The van der Waals surface area contributed by atoms with Gasteiger partial charge in [-0.1, -0.05) is 57.9 Å². The number of unbranched alkanes of at least 4 members (excludes halogenated alkanes) is 1. The molecule has 188 valence electrons. The van der Waals surface area contributed by atoms with Crippen molar-refractivity contribution >= 4 is 49.4 Å². The van der Waals surface area contributed by atoms with E-state index in [0.717, 1.165) is 10.0 Å². The molecule has 3 aromatic rings. The van der Waals surface area contributed by atoms with E-state index in [2.05, 4.69) is 15.9 Å². The second kappa shape index (κ2) is 10.8. The summed E-state index contributed by atoms with van der Waals surface area (Å²) in [6.07, 6.45) is 0.932. The summed E-state index contributed by atoms with van der Waals surface area (Å²) in [5.41, 5.74) is 2.16. The van der Waals surface area contributed by atoms with Gasteiger partial charge in [-0.25, -0.2) is 8.42 Å². The van der Waals surface area contributed by atoms with Gasteiger partial charge in [0.25, 0.3) is 11.8 Å². The molecule has 1 atom stereocenters. The van der Waals surface area contributed by atoms with Crippen LogP contribution in [0.15, 0.2) is 76.1 Å². The lowest BCUT2D eigenvalue weighted by Crippen LogP contribution is -2.36. The van der Waals surface area contributed by atoms with E-state index in [4.69, 9.17) is 11.6 Å². The van der Waals surface area contributed by atoms with Crippen molar-refractivity contribution in [2.24, 2.45) is 0 Å². The van der Waals surface area contributed by atoms with Crippen LogP contribution in [-0.4, -0.2) is 42.5 Å². The van der Waals surface area contributed by atoms with Crippen molar-refractivity contribution in [1.29, 1.82) is 0 Å². The summed E-state index contributed by atoms with van der Waals surface area (Å²) in [6.45, 7) is 3.98. The number of rotatable bonds is 9. The molecule has 1 aliphatic rings. The summed E-state index contributed by atoms with van der Waals surface area (Å²) in [7, 11) is -3.89. The summed E-state index contributed by atoms with van der Waals surface area (Å²) in [5.74, 6) is -0.616. The number of carbonyl (C=O) groups excluding carboxylic acids is 2. The molecule has 1 aliphatic heterocycles. The molecule has 0 unspecified atom stereocenters. The fraction of sp³-hybridized carbons (Fsp3) is 0.259. The highest BCUT2D eigenvalue weighted by Crippen LogP contribution is 2.32. The average Bonchev–Trinajstić information content (AvgIpc) is 3.10. The minimum Gasteiger partial charge on any atom is -0.274 e. The van der Waals surface area contributed by atoms with E-state index in [0.29, 0.717) is 34.6 Å². The predicted octanol–water partition coefficient (Wildman–Crippen LogP) is 6.24. The molecular weight excluding hydrogens is 564 g/mol. The number of imide groups is 1. The van der Waals surface area contributed by atoms with Gasteiger partial charge in [0.2, 0.25) is 10.0 Å². The van der Waals surface area contributed by atoms with Crippen LogP contribution >= 0.6 is 27.5 Å². The van der Waals surface area contributed by atoms with Crippen molar-refractivity contribution in [1.82, 2.24) is 9.21 Å². The number of hydrogen-bond acceptors (Lipinski definition) is 4. The lowest BCUT2D eigenvalue weighted by atomic mass is 10.1. The van der Waals surface area contributed by atoms with Crippen LogP contribution in [0.3, 0.4) is 0 Å². The van der Waals surface area contributed by atoms with Crippen molar-refractivity contribution in [3.8, 4) is 0 Å². The molecule has 0 bridgehead atoms. The third-order valence-electron chi connectivity index (χ3n) is 6.46. The molecule has 4 rings (SSSR count). The highest BCUT2D eigenvalue weighted by molar-refractivity contribution is 9.10. The van der Waals surface area contributed by atoms with Crippen molar-refractivity contribution in [3.63, 3.8) is 0 Å². The number of nitrogens with zero attached hydrogens (tertiary/aromatic N) is 2. The largest absolute Gasteiger partial charge is 0.274 e. The van der Waals surface area contributed by atoms with Crippen molar-refractivity contribution in [2.75, 3.05) is 13.1 Å². The Morgan fingerprint density at radius 3 is 2.22 bits per heavy atom. The number of hydrogen-bond donors (Lipinski definition) is 0. The van der Waals surface area contributed by atoms with Crippen LogP contribution < -0.4 is 0 Å². The second-order valence-corrected chi connectivity index (χ2v) is 11.9. The van der Waals surface area contributed by atoms with E-state index >= 15 is 0 Å². The molecule has 36 heavy (non-hydrogen) atoms. The molecule has 0 radical (unpaired) electrons. The fourth-order valence-electron chi connectivity index (χ4n) is 4.43. The summed E-state index contributed by atoms with van der Waals surface area (Å²) < 4.78 is 30.0. The zero-order chi connectivity index (χ0) is 26.0. The van der Waals surface area contributed by atoms with Crippen molar-refractivity contribution in [2.45, 2.75) is 37.6 Å². The van der Waals surface area contributed by atoms with Crippen LogP contribution in [-0.2, 0) is 10.0 Å². The molecule has 0 spiro atoms. The van der Waals surface area contributed by atoms with Gasteiger partial charge in [-0.15, -0.1) is 0 Å². The third kappa shape index (κ3) is 5.13. The highest BCUT2D eigenvalue weighted by Gasteiger charge is 2.35. The molecule has 1 heterocycles. The number of amides is 2. The number of benzene rings is 3. The monoisotopic (exact) mass is 588 g/mol. The van der Waals surface area contributed by atoms with Crippen molar-refractivity contribution in [3.05, 3.63) is 98.5 Å². The Labute approximate surface area is 225 Å². The Hall–Kier alpha value is -2.52. The maximum Gasteiger partial charge on any atom is 0.261 e. The van der Waals surface area contributed by atoms with Gasteiger partial charge < -0.3 is 0 Å². The summed E-state index contributed by atoms with van der Waals surface area (Å²) in [4.78, 5) is 26.7. The number of carbonyl (C=O) groups is 2. The van der Waals surface area contributed by atoms with Gasteiger partial charge in [0.1, 0.15) is 0 Å². The summed E-state index contributed by atoms with van der Waals surface area (Å²) in [5, 5.41) is 0.386. The van der Waals surface area contributed by atoms with Crippen LogP contribution in [0.5, 0.6) is 0 Å². The normalized spacial score (nSPS) is 14.4. The zero-order valence-electron chi connectivity index (χ0n) is 19.9. The lowest BCUT2D eigenvalue weighted by Gasteiger charge is -2.30. The molecule has 0 fully saturated rings. The first-order chi connectivity index (χ1) is 17.1. The van der Waals surface area contributed by atoms with Gasteiger partial charge >= 0.3 is 0 Å². The van der Waals surface area contributed by atoms with Crippen molar-refractivity contribution < 1.29 is 18.0 Å². The van der Waals surface area contributed by atoms with E-state index in [1.807, 2.05) is 31.2 Å². The lowest BCUT2D eigenvalue weighted by molar-refractivity contribution is 0.0650. The molecule has 0 N–H and O–H groups in total. The first-order valence-corrected chi connectivity index (χ1v) is 14.2. The molecule has 6 nitrogen and oxygen atoms in total. The second-order valence-electron chi connectivity index (χ2n) is 8.72. The Kier molecular flexibility index (Phi) is 7.99. The topological polar surface area (TPSA) is 74.8 Å². The van der Waals surface area contributed by atoms with Gasteiger partial charge in [-0.3, -0.25) is 14.5 Å². The number of sulfonamides is 1. The summed E-state index contributed by atoms with van der Waals surface area (Å²) >= 11 is 9.71. The SMILES string of the molecule is Cc1c(Cl)cccc1S(=O)(=O)N(CCCCN1C(=O)c2ccccc2C1=O)[C@@H](C)c1cccc(Br)c1. The van der Waals surface area contributed by atoms with Gasteiger partial charge in [-0.05, 0) is 74.2 Å². The first kappa shape index (κ1) is 26.5. The Bertz CT molecular complexity index is 1390. The molecule has 2 amide bonds. The van der Waals surface area contributed by atoms with E-state index in [-0.39, 0.29) is 29.8 Å². The van der Waals surface area contributed by atoms with Gasteiger partial charge in [0.05, 0.1) is 16.0 Å². The molecule has 9 heteroatoms. The van der Waals surface area contributed by atoms with Gasteiger partial charge in [0, 0.05) is 28.6 Å². The van der Waals surface area contributed by atoms with Crippen LogP contribution in [0.1, 0.15) is 57.7 Å². The molecule has 0 saturated heterocycles. The minimum absolute atomic E-state index is 0.164. The van der Waals surface area contributed by atoms with E-state index < -0.39 is 16.1 Å². The van der Waals surface area contributed by atoms with Crippen LogP contribution in [0, 0.1) is 6.92 Å². The Balaban J connectivity index is 1.54. The maximum absolute atomic E-state index is 13.8. The number of fused-ring (bicyclic) bond motifs is 1. The maximum atomic E-state index is 13.8. The number of halogens is 2. The standard InChI is InChI=1S/C27H26BrClN2O4S/c1-18-24(29)13-8-14-25(18)36(34,35)31(19(2)20-9-7-10-21(28)17-20)16-6-5-15-30-26(32)22-11-3-4-12-23(22)27(30)33/h3-4,7-14,17,19H,5-6,15-16H2,1-2H3/t19-/m0/s1. The summed E-state index contributed by atoms with van der Waals surface area (Å²) in [6, 6.07) is 18.7. The van der Waals surface area contributed by atoms with Gasteiger partial charge in [-0.2, -0.15) is 4.31 Å².